The van der Waals surface area contributed by atoms with Gasteiger partial charge in [0.1, 0.15) is 12.2 Å². The summed E-state index contributed by atoms with van der Waals surface area (Å²) in [7, 11) is 0. The van der Waals surface area contributed by atoms with E-state index in [0.29, 0.717) is 6.01 Å². The first-order valence-electron chi connectivity index (χ1n) is 9.63. The van der Waals surface area contributed by atoms with Crippen LogP contribution in [0.15, 0.2) is 41.1 Å². The molecule has 30 heavy (non-hydrogen) atoms. The Balaban J connectivity index is 0.000000229. The molecule has 1 aromatic heterocycles. The molecule has 4 N–H and O–H groups in total. The van der Waals surface area contributed by atoms with Crippen molar-refractivity contribution in [1.82, 2.24) is 10.2 Å². The van der Waals surface area contributed by atoms with E-state index in [-0.39, 0.29) is 6.61 Å². The zero-order valence-electron chi connectivity index (χ0n) is 17.7. The van der Waals surface area contributed by atoms with Gasteiger partial charge in [-0.3, -0.25) is 0 Å². The van der Waals surface area contributed by atoms with Crippen LogP contribution in [0.5, 0.6) is 0 Å². The van der Waals surface area contributed by atoms with Gasteiger partial charge in [0, 0.05) is 13.1 Å². The molecule has 1 aromatic carbocycles. The molecule has 0 bridgehead atoms. The highest BCUT2D eigenvalue weighted by molar-refractivity contribution is 5.65. The van der Waals surface area contributed by atoms with E-state index in [1.165, 1.54) is 25.7 Å². The summed E-state index contributed by atoms with van der Waals surface area (Å²) in [6.07, 6.45) is 3.71. The molecule has 2 aromatic rings. The zero-order chi connectivity index (χ0) is 22.4. The van der Waals surface area contributed by atoms with Gasteiger partial charge in [-0.05, 0) is 45.6 Å². The normalized spacial score (nSPS) is 13.1. The van der Waals surface area contributed by atoms with Gasteiger partial charge in [0.2, 0.25) is 6.39 Å². The number of amides is 2. The topological polar surface area (TPSA) is 147 Å². The minimum absolute atomic E-state index is 0.246. The smallest absolute Gasteiger partial charge is 0.405 e. The molecule has 0 unspecified atom stereocenters. The third kappa shape index (κ3) is 12.2. The van der Waals surface area contributed by atoms with E-state index in [1.807, 2.05) is 30.3 Å². The summed E-state index contributed by atoms with van der Waals surface area (Å²) in [4.78, 5) is 22.3. The number of anilines is 1. The fraction of sp³-hybridized carbons (Fsp3) is 0.500. The van der Waals surface area contributed by atoms with Crippen molar-refractivity contribution in [3.63, 3.8) is 0 Å². The van der Waals surface area contributed by atoms with Crippen LogP contribution in [0.4, 0.5) is 15.6 Å². The summed E-state index contributed by atoms with van der Waals surface area (Å²) in [6, 6.07) is 10.0. The van der Waals surface area contributed by atoms with E-state index in [4.69, 9.17) is 15.9 Å². The predicted molar refractivity (Wildman–Crippen MR) is 112 cm³/mol. The highest BCUT2D eigenvalue weighted by Crippen LogP contribution is 2.15. The average molecular weight is 421 g/mol. The van der Waals surface area contributed by atoms with Crippen LogP contribution in [0, 0.1) is 0 Å². The van der Waals surface area contributed by atoms with Crippen LogP contribution in [-0.4, -0.2) is 41.1 Å². The van der Waals surface area contributed by atoms with Crippen molar-refractivity contribution in [2.75, 3.05) is 18.0 Å². The second-order valence-corrected chi connectivity index (χ2v) is 7.40. The van der Waals surface area contributed by atoms with Crippen LogP contribution < -0.4 is 16.4 Å². The molecule has 0 radical (unpaired) electrons. The maximum atomic E-state index is 10.2. The van der Waals surface area contributed by atoms with Gasteiger partial charge in [-0.1, -0.05) is 35.4 Å². The Bertz CT molecular complexity index is 726. The molecule has 166 valence electrons. The van der Waals surface area contributed by atoms with Crippen molar-refractivity contribution in [2.24, 2.45) is 11.5 Å². The van der Waals surface area contributed by atoms with Gasteiger partial charge in [0.05, 0.1) is 0 Å². The van der Waals surface area contributed by atoms with Gasteiger partial charge in [-0.15, -0.1) is 5.10 Å². The van der Waals surface area contributed by atoms with E-state index in [1.54, 1.807) is 20.8 Å². The van der Waals surface area contributed by atoms with Crippen LogP contribution in [0.25, 0.3) is 0 Å². The lowest BCUT2D eigenvalue weighted by Gasteiger charge is -2.23. The molecule has 1 saturated heterocycles. The average Bonchev–Trinajstić information content (AvgIpc) is 3.22. The third-order valence-electron chi connectivity index (χ3n) is 3.61. The number of hydrogen-bond acceptors (Lipinski definition) is 8. The first-order valence-corrected chi connectivity index (χ1v) is 9.63. The summed E-state index contributed by atoms with van der Waals surface area (Å²) in [5.74, 6) is 0. The lowest BCUT2D eigenvalue weighted by molar-refractivity contribution is 0.0600. The van der Waals surface area contributed by atoms with Crippen LogP contribution in [-0.2, 0) is 16.1 Å². The standard InChI is InChI=1S/C8H9NO2.C7H11N3O.C5H11NO2/c9-8(10)11-6-7-4-2-1-3-5-7;1-2-4-10(5-3-1)7-9-8-6-11-7;1-5(2,3)8-4(6)7/h1-5H,6H2,(H2,9,10);6H,1-5H2;1-3H3,(H2,6,7). The van der Waals surface area contributed by atoms with Crippen LogP contribution >= 0.6 is 0 Å². The number of benzene rings is 1. The number of primary amides is 2. The first-order chi connectivity index (χ1) is 14.2. The molecule has 1 fully saturated rings. The van der Waals surface area contributed by atoms with Crippen molar-refractivity contribution in [3.05, 3.63) is 42.3 Å². The van der Waals surface area contributed by atoms with E-state index in [9.17, 15) is 9.59 Å². The fourth-order valence-electron chi connectivity index (χ4n) is 2.42. The Morgan fingerprint density at radius 1 is 1.07 bits per heavy atom. The van der Waals surface area contributed by atoms with E-state index >= 15 is 0 Å². The zero-order valence-corrected chi connectivity index (χ0v) is 17.7. The van der Waals surface area contributed by atoms with Crippen LogP contribution in [0.1, 0.15) is 45.6 Å². The molecule has 10 nitrogen and oxygen atoms in total. The minimum atomic E-state index is -0.742. The van der Waals surface area contributed by atoms with E-state index in [0.717, 1.165) is 18.7 Å². The molecule has 0 spiro atoms. The molecule has 1 aliphatic rings. The molecule has 0 atom stereocenters. The number of nitrogens with zero attached hydrogens (tertiary/aromatic N) is 3. The summed E-state index contributed by atoms with van der Waals surface area (Å²) >= 11 is 0. The minimum Gasteiger partial charge on any atom is -0.445 e. The molecule has 3 rings (SSSR count). The number of nitrogens with two attached hydrogens (primary N) is 2. The molecule has 2 heterocycles. The fourth-order valence-corrected chi connectivity index (χ4v) is 2.42. The lowest BCUT2D eigenvalue weighted by atomic mass is 10.1. The third-order valence-corrected chi connectivity index (χ3v) is 3.61. The summed E-state index contributed by atoms with van der Waals surface area (Å²) in [5, 5.41) is 7.49. The van der Waals surface area contributed by atoms with Crippen LogP contribution in [0.2, 0.25) is 0 Å². The molecule has 1 aliphatic heterocycles. The van der Waals surface area contributed by atoms with Gasteiger partial charge >= 0.3 is 18.2 Å². The Morgan fingerprint density at radius 3 is 2.13 bits per heavy atom. The monoisotopic (exact) mass is 421 g/mol. The molecular weight excluding hydrogens is 390 g/mol. The highest BCUT2D eigenvalue weighted by Gasteiger charge is 2.14. The predicted octanol–water partition coefficient (Wildman–Crippen LogP) is 3.22. The number of aromatic nitrogens is 2. The highest BCUT2D eigenvalue weighted by atomic mass is 16.6. The summed E-state index contributed by atoms with van der Waals surface area (Å²) in [5.41, 5.74) is 9.98. The number of ether oxygens (including phenoxy) is 2. The lowest BCUT2D eigenvalue weighted by Crippen LogP contribution is -2.29. The second kappa shape index (κ2) is 13.0. The Kier molecular flexibility index (Phi) is 10.7. The summed E-state index contributed by atoms with van der Waals surface area (Å²) < 4.78 is 14.2. The van der Waals surface area contributed by atoms with Crippen LogP contribution in [0.3, 0.4) is 0 Å². The van der Waals surface area contributed by atoms with E-state index in [2.05, 4.69) is 24.6 Å². The van der Waals surface area contributed by atoms with Gasteiger partial charge in [-0.25, -0.2) is 9.59 Å². The Labute approximate surface area is 176 Å². The number of carbonyl (C=O) groups is 2. The maximum Gasteiger partial charge on any atom is 0.405 e. The van der Waals surface area contributed by atoms with Crippen molar-refractivity contribution in [3.8, 4) is 0 Å². The molecule has 0 aliphatic carbocycles. The van der Waals surface area contributed by atoms with Gasteiger partial charge < -0.3 is 30.3 Å². The van der Waals surface area contributed by atoms with Crippen molar-refractivity contribution < 1.29 is 23.5 Å². The Hall–Kier alpha value is -3.30. The number of rotatable bonds is 3. The molecule has 0 saturated carbocycles. The number of hydrogen-bond donors (Lipinski definition) is 2. The number of piperidine rings is 1. The SMILES string of the molecule is CC(C)(C)OC(N)=O.NC(=O)OCc1ccccc1.c1nnc(N2CCCCC2)o1. The second-order valence-electron chi connectivity index (χ2n) is 7.40. The van der Waals surface area contributed by atoms with Crippen molar-refractivity contribution in [2.45, 2.75) is 52.2 Å². The maximum absolute atomic E-state index is 10.2. The largest absolute Gasteiger partial charge is 0.445 e. The van der Waals surface area contributed by atoms with Gasteiger partial charge in [0.15, 0.2) is 0 Å². The Morgan fingerprint density at radius 2 is 1.70 bits per heavy atom. The summed E-state index contributed by atoms with van der Waals surface area (Å²) in [6.45, 7) is 7.65. The molecular formula is C20H31N5O5. The quantitative estimate of drug-likeness (QED) is 0.768. The van der Waals surface area contributed by atoms with Gasteiger partial charge in [0.25, 0.3) is 0 Å². The van der Waals surface area contributed by atoms with Crippen molar-refractivity contribution >= 4 is 18.2 Å². The molecule has 10 heteroatoms. The molecule has 2 amide bonds. The van der Waals surface area contributed by atoms with Gasteiger partial charge in [-0.2, -0.15) is 0 Å². The first kappa shape index (κ1) is 24.7. The number of carbonyl (C=O) groups excluding carboxylic acids is 2. The van der Waals surface area contributed by atoms with Crippen molar-refractivity contribution in [1.29, 1.82) is 0 Å². The van der Waals surface area contributed by atoms with E-state index < -0.39 is 17.8 Å².